The summed E-state index contributed by atoms with van der Waals surface area (Å²) in [4.78, 5) is 8.59. The minimum absolute atomic E-state index is 0.540. The number of rotatable bonds is 3. The summed E-state index contributed by atoms with van der Waals surface area (Å²) in [6.07, 6.45) is 6.51. The lowest BCUT2D eigenvalue weighted by Crippen LogP contribution is -1.97. The topological polar surface area (TPSA) is 30.7 Å². The Morgan fingerprint density at radius 1 is 1.04 bits per heavy atom. The van der Waals surface area contributed by atoms with Crippen LogP contribution in [0.15, 0.2) is 48.9 Å². The maximum Gasteiger partial charge on any atom is 0.136 e. The molecule has 4 heteroatoms. The van der Waals surface area contributed by atoms with Crippen molar-refractivity contribution in [3.05, 3.63) is 59.6 Å². The average molecular weight is 336 g/mol. The average Bonchev–Trinajstić information content (AvgIpc) is 2.95. The number of benzene rings is 1. The molecule has 0 unspecified atom stereocenters. The fraction of sp³-hybridized carbons (Fsp3) is 0.200. The van der Waals surface area contributed by atoms with Crippen LogP contribution in [0.5, 0.6) is 0 Å². The highest BCUT2D eigenvalue weighted by Crippen LogP contribution is 2.38. The normalized spacial score (nSPS) is 11.5. The van der Waals surface area contributed by atoms with E-state index in [1.165, 1.54) is 21.9 Å². The third-order valence-corrected chi connectivity index (χ3v) is 4.90. The number of pyridine rings is 2. The van der Waals surface area contributed by atoms with Gasteiger partial charge < -0.3 is 4.57 Å². The molecule has 4 rings (SSSR count). The van der Waals surface area contributed by atoms with E-state index in [0.717, 1.165) is 29.6 Å². The number of hydrogen-bond donors (Lipinski definition) is 0. The van der Waals surface area contributed by atoms with Crippen molar-refractivity contribution in [1.82, 2.24) is 14.5 Å². The lowest BCUT2D eigenvalue weighted by atomic mass is 9.99. The van der Waals surface area contributed by atoms with Gasteiger partial charge in [-0.25, -0.2) is 4.98 Å². The molecule has 3 aromatic heterocycles. The molecule has 1 aromatic carbocycles. The summed E-state index contributed by atoms with van der Waals surface area (Å²) < 4.78 is 2.32. The molecular weight excluding hydrogens is 318 g/mol. The molecule has 0 bridgehead atoms. The SMILES string of the molecule is CCc1cc(-c2cccnc2Cl)c2c(c1)c1ccncc1n2CC. The zero-order valence-corrected chi connectivity index (χ0v) is 14.5. The number of hydrogen-bond acceptors (Lipinski definition) is 2. The quantitative estimate of drug-likeness (QED) is 0.464. The van der Waals surface area contributed by atoms with E-state index < -0.39 is 0 Å². The number of aryl methyl sites for hydroxylation is 2. The maximum absolute atomic E-state index is 6.42. The van der Waals surface area contributed by atoms with Gasteiger partial charge in [-0.3, -0.25) is 4.98 Å². The lowest BCUT2D eigenvalue weighted by molar-refractivity contribution is 0.826. The molecule has 0 aliphatic carbocycles. The summed E-state index contributed by atoms with van der Waals surface area (Å²) in [6, 6.07) is 10.6. The van der Waals surface area contributed by atoms with Crippen LogP contribution in [-0.4, -0.2) is 14.5 Å². The highest BCUT2D eigenvalue weighted by Gasteiger charge is 2.17. The van der Waals surface area contributed by atoms with E-state index in [4.69, 9.17) is 11.6 Å². The molecule has 0 aliphatic heterocycles. The molecule has 0 atom stereocenters. The van der Waals surface area contributed by atoms with Crippen LogP contribution >= 0.6 is 11.6 Å². The van der Waals surface area contributed by atoms with Gasteiger partial charge in [0.2, 0.25) is 0 Å². The van der Waals surface area contributed by atoms with Gasteiger partial charge in [-0.05, 0) is 49.2 Å². The molecule has 4 aromatic rings. The Morgan fingerprint density at radius 2 is 1.92 bits per heavy atom. The van der Waals surface area contributed by atoms with Gasteiger partial charge in [0.05, 0.1) is 17.2 Å². The Labute approximate surface area is 145 Å². The zero-order chi connectivity index (χ0) is 16.7. The predicted octanol–water partition coefficient (Wildman–Crippen LogP) is 5.49. The van der Waals surface area contributed by atoms with Gasteiger partial charge in [-0.2, -0.15) is 0 Å². The molecule has 120 valence electrons. The largest absolute Gasteiger partial charge is 0.339 e. The summed E-state index contributed by atoms with van der Waals surface area (Å²) in [5, 5.41) is 3.03. The monoisotopic (exact) mass is 335 g/mol. The van der Waals surface area contributed by atoms with Gasteiger partial charge in [0.1, 0.15) is 5.15 Å². The molecule has 0 amide bonds. The van der Waals surface area contributed by atoms with Crippen molar-refractivity contribution in [2.45, 2.75) is 26.8 Å². The van der Waals surface area contributed by atoms with Crippen LogP contribution < -0.4 is 0 Å². The van der Waals surface area contributed by atoms with E-state index in [1.54, 1.807) is 6.20 Å². The number of halogens is 1. The van der Waals surface area contributed by atoms with Crippen molar-refractivity contribution in [1.29, 1.82) is 0 Å². The molecule has 0 N–H and O–H groups in total. The van der Waals surface area contributed by atoms with Crippen LogP contribution in [-0.2, 0) is 13.0 Å². The highest BCUT2D eigenvalue weighted by molar-refractivity contribution is 6.32. The Morgan fingerprint density at radius 3 is 2.67 bits per heavy atom. The second-order valence-electron chi connectivity index (χ2n) is 5.87. The first kappa shape index (κ1) is 15.2. The second-order valence-corrected chi connectivity index (χ2v) is 6.23. The van der Waals surface area contributed by atoms with Gasteiger partial charge in [0.25, 0.3) is 0 Å². The third-order valence-electron chi connectivity index (χ3n) is 4.59. The summed E-state index contributed by atoms with van der Waals surface area (Å²) in [5.41, 5.74) is 5.77. The molecular formula is C20H18ClN3. The first-order valence-electron chi connectivity index (χ1n) is 8.24. The van der Waals surface area contributed by atoms with E-state index in [-0.39, 0.29) is 0 Å². The van der Waals surface area contributed by atoms with E-state index in [9.17, 15) is 0 Å². The smallest absolute Gasteiger partial charge is 0.136 e. The number of nitrogens with zero attached hydrogens (tertiary/aromatic N) is 3. The third kappa shape index (κ3) is 2.20. The number of aromatic nitrogens is 3. The predicted molar refractivity (Wildman–Crippen MR) is 101 cm³/mol. The molecule has 0 radical (unpaired) electrons. The Hall–Kier alpha value is -2.39. The highest BCUT2D eigenvalue weighted by atomic mass is 35.5. The van der Waals surface area contributed by atoms with Crippen molar-refractivity contribution >= 4 is 33.4 Å². The van der Waals surface area contributed by atoms with Crippen molar-refractivity contribution in [3.8, 4) is 11.1 Å². The van der Waals surface area contributed by atoms with Crippen molar-refractivity contribution in [2.75, 3.05) is 0 Å². The maximum atomic E-state index is 6.42. The molecule has 3 nitrogen and oxygen atoms in total. The molecule has 24 heavy (non-hydrogen) atoms. The van der Waals surface area contributed by atoms with Gasteiger partial charge in [0, 0.05) is 40.8 Å². The standard InChI is InChI=1S/C20H18ClN3/c1-3-13-10-16-14-7-9-22-12-18(14)24(4-2)19(16)17(11-13)15-6-5-8-23-20(15)21/h5-12H,3-4H2,1-2H3. The molecule has 0 aliphatic rings. The van der Waals surface area contributed by atoms with Crippen LogP contribution in [0, 0.1) is 0 Å². The fourth-order valence-corrected chi connectivity index (χ4v) is 3.69. The van der Waals surface area contributed by atoms with Crippen LogP contribution in [0.25, 0.3) is 32.9 Å². The first-order chi connectivity index (χ1) is 11.7. The zero-order valence-electron chi connectivity index (χ0n) is 13.8. The lowest BCUT2D eigenvalue weighted by Gasteiger charge is -2.12. The van der Waals surface area contributed by atoms with Crippen molar-refractivity contribution in [2.24, 2.45) is 0 Å². The molecule has 0 fully saturated rings. The van der Waals surface area contributed by atoms with Crippen molar-refractivity contribution in [3.63, 3.8) is 0 Å². The van der Waals surface area contributed by atoms with E-state index in [0.29, 0.717) is 5.15 Å². The minimum atomic E-state index is 0.540. The molecule has 0 spiro atoms. The Bertz CT molecular complexity index is 1050. The van der Waals surface area contributed by atoms with E-state index in [2.05, 4.69) is 46.6 Å². The summed E-state index contributed by atoms with van der Waals surface area (Å²) in [5.74, 6) is 0. The summed E-state index contributed by atoms with van der Waals surface area (Å²) in [7, 11) is 0. The van der Waals surface area contributed by atoms with Crippen LogP contribution in [0.4, 0.5) is 0 Å². The van der Waals surface area contributed by atoms with Crippen LogP contribution in [0.2, 0.25) is 5.15 Å². The first-order valence-corrected chi connectivity index (χ1v) is 8.62. The van der Waals surface area contributed by atoms with E-state index in [1.807, 2.05) is 24.5 Å². The minimum Gasteiger partial charge on any atom is -0.339 e. The fourth-order valence-electron chi connectivity index (χ4n) is 3.46. The van der Waals surface area contributed by atoms with E-state index >= 15 is 0 Å². The number of fused-ring (bicyclic) bond motifs is 3. The Kier molecular flexibility index (Phi) is 3.73. The van der Waals surface area contributed by atoms with Gasteiger partial charge in [-0.15, -0.1) is 0 Å². The molecule has 0 saturated heterocycles. The second kappa shape index (κ2) is 5.91. The molecule has 3 heterocycles. The van der Waals surface area contributed by atoms with Gasteiger partial charge >= 0.3 is 0 Å². The summed E-state index contributed by atoms with van der Waals surface area (Å²) in [6.45, 7) is 5.21. The van der Waals surface area contributed by atoms with Gasteiger partial charge in [-0.1, -0.05) is 18.5 Å². The van der Waals surface area contributed by atoms with Crippen molar-refractivity contribution < 1.29 is 0 Å². The van der Waals surface area contributed by atoms with Crippen LogP contribution in [0.1, 0.15) is 19.4 Å². The van der Waals surface area contributed by atoms with Gasteiger partial charge in [0.15, 0.2) is 0 Å². The molecule has 0 saturated carbocycles. The Balaban J connectivity index is 2.22. The summed E-state index contributed by atoms with van der Waals surface area (Å²) >= 11 is 6.42. The van der Waals surface area contributed by atoms with Crippen LogP contribution in [0.3, 0.4) is 0 Å².